The molecule has 0 aliphatic rings. The Morgan fingerprint density at radius 2 is 0.780 bits per heavy atom. The fourth-order valence-electron chi connectivity index (χ4n) is 7.99. The van der Waals surface area contributed by atoms with Crippen LogP contribution in [0, 0.1) is 0 Å². The lowest BCUT2D eigenvalue weighted by Crippen LogP contribution is -2.00. The van der Waals surface area contributed by atoms with E-state index in [1.54, 1.807) is 0 Å². The molecular weight excluding hydrogens is 737 g/mol. The van der Waals surface area contributed by atoms with Crippen LogP contribution in [0.2, 0.25) is 0 Å². The first-order valence-electron chi connectivity index (χ1n) is 19.7. The van der Waals surface area contributed by atoms with E-state index in [0.717, 1.165) is 50.0 Å². The molecule has 0 saturated heterocycles. The summed E-state index contributed by atoms with van der Waals surface area (Å²) in [6.07, 6.45) is 0. The number of nitrogens with zero attached hydrogens (tertiary/aromatic N) is 4. The molecule has 0 fully saturated rings. The van der Waals surface area contributed by atoms with Crippen molar-refractivity contribution in [1.29, 1.82) is 0 Å². The van der Waals surface area contributed by atoms with Gasteiger partial charge in [0.05, 0.1) is 15.9 Å². The molecule has 0 N–H and O–H groups in total. The second-order valence-electron chi connectivity index (χ2n) is 14.6. The van der Waals surface area contributed by atoms with E-state index < -0.39 is 0 Å². The Morgan fingerprint density at radius 3 is 1.39 bits per heavy atom. The molecule has 4 nitrogen and oxygen atoms in total. The van der Waals surface area contributed by atoms with E-state index in [1.807, 2.05) is 72.0 Å². The first kappa shape index (κ1) is 34.6. The molecule has 0 aliphatic carbocycles. The Bertz CT molecular complexity index is 3230. The highest BCUT2D eigenvalue weighted by atomic mass is 32.1. The van der Waals surface area contributed by atoms with Crippen molar-refractivity contribution in [3.05, 3.63) is 206 Å². The molecule has 276 valence electrons. The van der Waals surface area contributed by atoms with Crippen molar-refractivity contribution in [1.82, 2.24) is 19.9 Å². The molecule has 11 rings (SSSR count). The quantitative estimate of drug-likeness (QED) is 0.162. The molecule has 0 atom stereocenters. The van der Waals surface area contributed by atoms with Crippen LogP contribution in [0.15, 0.2) is 206 Å². The monoisotopic (exact) mass is 770 g/mol. The van der Waals surface area contributed by atoms with Crippen molar-refractivity contribution >= 4 is 43.1 Å². The summed E-state index contributed by atoms with van der Waals surface area (Å²) < 4.78 is 1.19. The van der Waals surface area contributed by atoms with Gasteiger partial charge in [-0.25, -0.2) is 19.9 Å². The third-order valence-corrected chi connectivity index (χ3v) is 12.2. The van der Waals surface area contributed by atoms with Crippen molar-refractivity contribution in [2.75, 3.05) is 0 Å². The molecule has 3 heterocycles. The van der Waals surface area contributed by atoms with Gasteiger partial charge in [-0.3, -0.25) is 0 Å². The average Bonchev–Trinajstić information content (AvgIpc) is 3.73. The van der Waals surface area contributed by atoms with Gasteiger partial charge in [0, 0.05) is 43.5 Å². The summed E-state index contributed by atoms with van der Waals surface area (Å²) in [6.45, 7) is 0. The lowest BCUT2D eigenvalue weighted by atomic mass is 9.93. The number of fused-ring (bicyclic) bond motifs is 4. The van der Waals surface area contributed by atoms with E-state index in [2.05, 4.69) is 146 Å². The molecular formula is C54H34N4S. The zero-order valence-corrected chi connectivity index (χ0v) is 32.6. The summed E-state index contributed by atoms with van der Waals surface area (Å²) in [5.74, 6) is 1.94. The van der Waals surface area contributed by atoms with E-state index >= 15 is 0 Å². The van der Waals surface area contributed by atoms with Crippen LogP contribution in [0.3, 0.4) is 0 Å². The number of hydrogen-bond donors (Lipinski definition) is 0. The van der Waals surface area contributed by atoms with Gasteiger partial charge in [0.2, 0.25) is 0 Å². The molecule has 0 amide bonds. The molecule has 5 heteroatoms. The maximum atomic E-state index is 5.29. The Labute approximate surface area is 345 Å². The molecule has 0 spiro atoms. The van der Waals surface area contributed by atoms with E-state index in [-0.39, 0.29) is 0 Å². The minimum absolute atomic E-state index is 0.641. The highest BCUT2D eigenvalue weighted by molar-refractivity contribution is 7.23. The van der Waals surface area contributed by atoms with Gasteiger partial charge in [0.1, 0.15) is 0 Å². The zero-order chi connectivity index (χ0) is 39.1. The van der Waals surface area contributed by atoms with Gasteiger partial charge in [-0.05, 0) is 45.2 Å². The van der Waals surface area contributed by atoms with Gasteiger partial charge < -0.3 is 0 Å². The van der Waals surface area contributed by atoms with Crippen LogP contribution in [0.25, 0.3) is 110 Å². The van der Waals surface area contributed by atoms with Gasteiger partial charge >= 0.3 is 0 Å². The molecule has 0 aliphatic heterocycles. The molecule has 0 bridgehead atoms. The smallest absolute Gasteiger partial charge is 0.164 e. The Kier molecular flexibility index (Phi) is 8.64. The van der Waals surface area contributed by atoms with Gasteiger partial charge in [0.25, 0.3) is 0 Å². The van der Waals surface area contributed by atoms with Crippen molar-refractivity contribution < 1.29 is 0 Å². The van der Waals surface area contributed by atoms with Gasteiger partial charge in [-0.2, -0.15) is 0 Å². The van der Waals surface area contributed by atoms with Gasteiger partial charge in [0.15, 0.2) is 17.5 Å². The summed E-state index contributed by atoms with van der Waals surface area (Å²) in [6, 6.07) is 72.3. The van der Waals surface area contributed by atoms with Crippen LogP contribution in [-0.4, -0.2) is 19.9 Å². The van der Waals surface area contributed by atoms with E-state index in [4.69, 9.17) is 19.9 Å². The van der Waals surface area contributed by atoms with E-state index in [0.29, 0.717) is 17.5 Å². The van der Waals surface area contributed by atoms with E-state index in [1.165, 1.54) is 42.4 Å². The predicted octanol–water partition coefficient (Wildman–Crippen LogP) is 14.5. The third kappa shape index (κ3) is 6.44. The predicted molar refractivity (Wildman–Crippen MR) is 246 cm³/mol. The number of hydrogen-bond acceptors (Lipinski definition) is 5. The zero-order valence-electron chi connectivity index (χ0n) is 31.8. The molecule has 59 heavy (non-hydrogen) atoms. The maximum Gasteiger partial charge on any atom is 0.164 e. The topological polar surface area (TPSA) is 51.6 Å². The number of benzene rings is 8. The van der Waals surface area contributed by atoms with Gasteiger partial charge in [-0.15, -0.1) is 11.3 Å². The Hall–Kier alpha value is -7.60. The fraction of sp³-hybridized carbons (Fsp3) is 0. The number of para-hydroxylation sites is 1. The van der Waals surface area contributed by atoms with Crippen LogP contribution in [0.5, 0.6) is 0 Å². The minimum Gasteiger partial charge on any atom is -0.246 e. The normalized spacial score (nSPS) is 11.4. The number of pyridine rings is 1. The summed E-state index contributed by atoms with van der Waals surface area (Å²) in [7, 11) is 0. The van der Waals surface area contributed by atoms with Crippen molar-refractivity contribution in [3.63, 3.8) is 0 Å². The van der Waals surface area contributed by atoms with Crippen LogP contribution < -0.4 is 0 Å². The van der Waals surface area contributed by atoms with Gasteiger partial charge in [-0.1, -0.05) is 194 Å². The third-order valence-electron chi connectivity index (χ3n) is 10.9. The summed E-state index contributed by atoms with van der Waals surface area (Å²) in [5, 5.41) is 4.86. The Morgan fingerprint density at radius 1 is 0.322 bits per heavy atom. The number of thiophene rings is 1. The standard InChI is InChI=1S/C54H34N4S/c1-4-15-38(16-5-1)49-51-48(45-22-12-13-23-46(45)55-49)47(44-33-28-35-14-10-11-21-43(35)34-44)50(59-51)39-29-24-36(25-30-39)37-26-31-42(32-27-37)54-57-52(40-17-6-2-7-18-40)56-53(58-54)41-19-8-3-9-20-41/h1-34H. The largest absolute Gasteiger partial charge is 0.246 e. The SMILES string of the molecule is c1ccc(-c2nc(-c3ccccc3)nc(-c3ccc(-c4ccc(-c5sc6c(-c7ccccc7)nc7ccccc7c6c5-c5ccc6ccccc6c5)cc4)cc3)n2)cc1. The average molecular weight is 771 g/mol. The molecule has 3 aromatic heterocycles. The van der Waals surface area contributed by atoms with Crippen LogP contribution in [0.1, 0.15) is 0 Å². The lowest BCUT2D eigenvalue weighted by molar-refractivity contribution is 1.07. The number of aromatic nitrogens is 4. The maximum absolute atomic E-state index is 5.29. The molecule has 11 aromatic rings. The first-order valence-corrected chi connectivity index (χ1v) is 20.5. The first-order chi connectivity index (χ1) is 29.2. The fourth-order valence-corrected chi connectivity index (χ4v) is 9.34. The summed E-state index contributed by atoms with van der Waals surface area (Å²) >= 11 is 1.83. The second kappa shape index (κ2) is 14.7. The van der Waals surface area contributed by atoms with Crippen LogP contribution in [0.4, 0.5) is 0 Å². The van der Waals surface area contributed by atoms with Crippen LogP contribution >= 0.6 is 11.3 Å². The molecule has 8 aromatic carbocycles. The van der Waals surface area contributed by atoms with E-state index in [9.17, 15) is 0 Å². The highest BCUT2D eigenvalue weighted by Crippen LogP contribution is 2.50. The lowest BCUT2D eigenvalue weighted by Gasteiger charge is -2.11. The van der Waals surface area contributed by atoms with Crippen molar-refractivity contribution in [2.24, 2.45) is 0 Å². The highest BCUT2D eigenvalue weighted by Gasteiger charge is 2.22. The number of rotatable bonds is 7. The molecule has 0 unspecified atom stereocenters. The summed E-state index contributed by atoms with van der Waals surface area (Å²) in [5.41, 5.74) is 11.8. The van der Waals surface area contributed by atoms with Crippen LogP contribution in [-0.2, 0) is 0 Å². The second-order valence-corrected chi connectivity index (χ2v) is 15.6. The van der Waals surface area contributed by atoms with Crippen molar-refractivity contribution in [2.45, 2.75) is 0 Å². The summed E-state index contributed by atoms with van der Waals surface area (Å²) in [4.78, 5) is 21.2. The Balaban J connectivity index is 1.01. The van der Waals surface area contributed by atoms with Crippen molar-refractivity contribution in [3.8, 4) is 78.1 Å². The molecule has 0 saturated carbocycles. The molecule has 0 radical (unpaired) electrons. The minimum atomic E-state index is 0.641.